The van der Waals surface area contributed by atoms with Gasteiger partial charge in [-0.15, -0.1) is 0 Å². The molecule has 3 nitrogen and oxygen atoms in total. The Hall–Kier alpha value is -1.22. The number of benzene rings is 1. The first kappa shape index (κ1) is 17.6. The van der Waals surface area contributed by atoms with E-state index in [2.05, 4.69) is 33.8 Å². The van der Waals surface area contributed by atoms with E-state index in [9.17, 15) is 10.2 Å². The van der Waals surface area contributed by atoms with Crippen LogP contribution < -0.4 is 4.74 Å². The number of aryl methyl sites for hydroxylation is 1. The van der Waals surface area contributed by atoms with Crippen LogP contribution in [0.25, 0.3) is 0 Å². The topological polar surface area (TPSA) is 49.7 Å². The van der Waals surface area contributed by atoms with Crippen LogP contribution in [-0.4, -0.2) is 21.9 Å². The van der Waals surface area contributed by atoms with E-state index in [1.165, 1.54) is 12.8 Å². The number of fused-ring (bicyclic) bond motifs is 3. The summed E-state index contributed by atoms with van der Waals surface area (Å²) in [5.41, 5.74) is 1.82. The van der Waals surface area contributed by atoms with Crippen LogP contribution in [0.2, 0.25) is 0 Å². The predicted molar refractivity (Wildman–Crippen MR) is 96.7 cm³/mol. The Morgan fingerprint density at radius 2 is 1.96 bits per heavy atom. The number of phenols is 1. The van der Waals surface area contributed by atoms with Gasteiger partial charge in [-0.05, 0) is 69.1 Å². The fourth-order valence-corrected chi connectivity index (χ4v) is 4.67. The number of aromatic hydroxyl groups is 1. The first-order valence-corrected chi connectivity index (χ1v) is 9.56. The van der Waals surface area contributed by atoms with E-state index in [4.69, 9.17) is 4.74 Å². The number of aliphatic hydroxyl groups is 1. The minimum Gasteiger partial charge on any atom is -0.508 e. The Kier molecular flexibility index (Phi) is 4.83. The van der Waals surface area contributed by atoms with Gasteiger partial charge in [0, 0.05) is 11.5 Å². The van der Waals surface area contributed by atoms with Gasteiger partial charge in [-0.2, -0.15) is 0 Å². The number of unbranched alkanes of at least 4 members (excludes halogenated alkanes) is 2. The van der Waals surface area contributed by atoms with E-state index in [0.29, 0.717) is 5.75 Å². The van der Waals surface area contributed by atoms with Crippen LogP contribution >= 0.6 is 0 Å². The second kappa shape index (κ2) is 6.59. The molecule has 1 aromatic carbocycles. The lowest BCUT2D eigenvalue weighted by molar-refractivity contribution is -0.0566. The quantitative estimate of drug-likeness (QED) is 0.780. The van der Waals surface area contributed by atoms with Gasteiger partial charge in [-0.3, -0.25) is 0 Å². The van der Waals surface area contributed by atoms with Crippen molar-refractivity contribution in [2.24, 2.45) is 11.8 Å². The van der Waals surface area contributed by atoms with Gasteiger partial charge in [0.1, 0.15) is 17.1 Å². The average molecular weight is 332 g/mol. The fourth-order valence-electron chi connectivity index (χ4n) is 4.67. The molecule has 0 aromatic heterocycles. The van der Waals surface area contributed by atoms with Crippen molar-refractivity contribution < 1.29 is 14.9 Å². The van der Waals surface area contributed by atoms with Crippen LogP contribution in [0.4, 0.5) is 0 Å². The largest absolute Gasteiger partial charge is 0.508 e. The zero-order valence-corrected chi connectivity index (χ0v) is 15.5. The highest BCUT2D eigenvalue weighted by molar-refractivity contribution is 5.52. The molecular formula is C21H32O3. The smallest absolute Gasteiger partial charge is 0.127 e. The molecular weight excluding hydrogens is 300 g/mol. The third-order valence-electron chi connectivity index (χ3n) is 6.15. The molecule has 1 aromatic rings. The maximum atomic E-state index is 10.7. The molecule has 3 heteroatoms. The Morgan fingerprint density at radius 1 is 1.21 bits per heavy atom. The summed E-state index contributed by atoms with van der Waals surface area (Å²) in [6.45, 7) is 8.56. The van der Waals surface area contributed by atoms with Gasteiger partial charge < -0.3 is 14.9 Å². The lowest BCUT2D eigenvalue weighted by Crippen LogP contribution is -2.49. The second-order valence-electron chi connectivity index (χ2n) is 8.42. The summed E-state index contributed by atoms with van der Waals surface area (Å²) in [5.74, 6) is 2.01. The molecule has 1 fully saturated rings. The maximum Gasteiger partial charge on any atom is 0.127 e. The third-order valence-corrected chi connectivity index (χ3v) is 6.15. The standard InChI is InChI=1S/C21H32O3/c1-5-6-7-8-14-10-18(23)20-15-9-13(2)17(22)12-16(15)21(3,4)24-19(20)11-14/h10-11,13,15-17,22-23H,5-9,12H2,1-4H3/t13-,15+,16+,17+/m0/s1. The average Bonchev–Trinajstić information content (AvgIpc) is 2.49. The zero-order valence-electron chi connectivity index (χ0n) is 15.5. The molecule has 3 rings (SSSR count). The lowest BCUT2D eigenvalue weighted by atomic mass is 9.63. The Bertz CT molecular complexity index is 593. The van der Waals surface area contributed by atoms with Crippen LogP contribution in [0.1, 0.15) is 76.8 Å². The van der Waals surface area contributed by atoms with Crippen molar-refractivity contribution in [3.05, 3.63) is 23.3 Å². The minimum absolute atomic E-state index is 0.244. The summed E-state index contributed by atoms with van der Waals surface area (Å²) >= 11 is 0. The van der Waals surface area contributed by atoms with Gasteiger partial charge in [0.25, 0.3) is 0 Å². The molecule has 1 saturated carbocycles. The molecule has 0 bridgehead atoms. The van der Waals surface area contributed by atoms with E-state index in [0.717, 1.165) is 42.6 Å². The van der Waals surface area contributed by atoms with Gasteiger partial charge in [0.2, 0.25) is 0 Å². The number of phenolic OH excluding ortho intramolecular Hbond substituents is 1. The van der Waals surface area contributed by atoms with Crippen LogP contribution in [-0.2, 0) is 6.42 Å². The molecule has 0 amide bonds. The number of ether oxygens (including phenoxy) is 1. The first-order valence-electron chi connectivity index (χ1n) is 9.56. The van der Waals surface area contributed by atoms with Crippen molar-refractivity contribution >= 4 is 0 Å². The van der Waals surface area contributed by atoms with Crippen molar-refractivity contribution in [2.75, 3.05) is 0 Å². The predicted octanol–water partition coefficient (Wildman–Crippen LogP) is 4.79. The van der Waals surface area contributed by atoms with Crippen molar-refractivity contribution in [3.8, 4) is 11.5 Å². The molecule has 0 unspecified atom stereocenters. The SMILES string of the molecule is CCCCCc1cc(O)c2c(c1)OC(C)(C)[C@@H]1C[C@@H](O)[C@@H](C)C[C@@H]21. The molecule has 24 heavy (non-hydrogen) atoms. The first-order chi connectivity index (χ1) is 11.3. The zero-order chi connectivity index (χ0) is 17.5. The van der Waals surface area contributed by atoms with E-state index in [1.54, 1.807) is 0 Å². The van der Waals surface area contributed by atoms with Crippen molar-refractivity contribution in [2.45, 2.75) is 83.8 Å². The molecule has 1 aliphatic carbocycles. The van der Waals surface area contributed by atoms with E-state index >= 15 is 0 Å². The summed E-state index contributed by atoms with van der Waals surface area (Å²) in [7, 11) is 0. The summed E-state index contributed by atoms with van der Waals surface area (Å²) in [4.78, 5) is 0. The lowest BCUT2D eigenvalue weighted by Gasteiger charge is -2.50. The van der Waals surface area contributed by atoms with Crippen LogP contribution in [0.15, 0.2) is 12.1 Å². The normalized spacial score (nSPS) is 31.0. The number of aliphatic hydroxyl groups excluding tert-OH is 1. The molecule has 0 spiro atoms. The number of rotatable bonds is 4. The molecule has 134 valence electrons. The molecule has 1 heterocycles. The molecule has 0 saturated heterocycles. The highest BCUT2D eigenvalue weighted by atomic mass is 16.5. The molecule has 2 N–H and O–H groups in total. The Morgan fingerprint density at radius 3 is 2.67 bits per heavy atom. The highest BCUT2D eigenvalue weighted by Gasteiger charge is 2.49. The molecule has 0 radical (unpaired) electrons. The summed E-state index contributed by atoms with van der Waals surface area (Å²) in [5, 5.41) is 21.0. The van der Waals surface area contributed by atoms with Crippen molar-refractivity contribution in [3.63, 3.8) is 0 Å². The molecule has 2 aliphatic rings. The van der Waals surface area contributed by atoms with Gasteiger partial charge in [0.05, 0.1) is 6.10 Å². The van der Waals surface area contributed by atoms with Crippen LogP contribution in [0, 0.1) is 11.8 Å². The van der Waals surface area contributed by atoms with Crippen molar-refractivity contribution in [1.29, 1.82) is 0 Å². The third kappa shape index (κ3) is 3.15. The van der Waals surface area contributed by atoms with Gasteiger partial charge >= 0.3 is 0 Å². The van der Waals surface area contributed by atoms with Crippen LogP contribution in [0.3, 0.4) is 0 Å². The van der Waals surface area contributed by atoms with Crippen LogP contribution in [0.5, 0.6) is 11.5 Å². The van der Waals surface area contributed by atoms with Gasteiger partial charge in [-0.25, -0.2) is 0 Å². The van der Waals surface area contributed by atoms with Gasteiger partial charge in [0.15, 0.2) is 0 Å². The molecule has 4 atom stereocenters. The minimum atomic E-state index is -0.312. The molecule has 1 aliphatic heterocycles. The Balaban J connectivity index is 1.95. The van der Waals surface area contributed by atoms with E-state index < -0.39 is 0 Å². The highest BCUT2D eigenvalue weighted by Crippen LogP contribution is 2.55. The van der Waals surface area contributed by atoms with E-state index in [-0.39, 0.29) is 29.5 Å². The maximum absolute atomic E-state index is 10.7. The summed E-state index contributed by atoms with van der Waals surface area (Å²) in [6.07, 6.45) is 5.93. The second-order valence-corrected chi connectivity index (χ2v) is 8.42. The van der Waals surface area contributed by atoms with Crippen molar-refractivity contribution in [1.82, 2.24) is 0 Å². The Labute approximate surface area is 146 Å². The summed E-state index contributed by atoms with van der Waals surface area (Å²) in [6, 6.07) is 4.07. The number of hydrogen-bond donors (Lipinski definition) is 2. The monoisotopic (exact) mass is 332 g/mol. The van der Waals surface area contributed by atoms with Gasteiger partial charge in [-0.1, -0.05) is 26.7 Å². The summed E-state index contributed by atoms with van der Waals surface area (Å²) < 4.78 is 6.33. The van der Waals surface area contributed by atoms with E-state index in [1.807, 2.05) is 6.07 Å². The number of hydrogen-bond acceptors (Lipinski definition) is 3. The fraction of sp³-hybridized carbons (Fsp3) is 0.714.